The number of carbonyl (C=O) groups excluding carboxylic acids is 2. The number of aliphatic hydroxyl groups excluding tert-OH is 2. The second kappa shape index (κ2) is 13.6. The van der Waals surface area contributed by atoms with Gasteiger partial charge >= 0.3 is 0 Å². The molecular weight excluding hydrogens is 663 g/mol. The minimum absolute atomic E-state index is 0. The molecule has 17 heteroatoms. The van der Waals surface area contributed by atoms with Crippen LogP contribution in [0.3, 0.4) is 0 Å². The Bertz CT molecular complexity index is 1960. The third kappa shape index (κ3) is 6.60. The van der Waals surface area contributed by atoms with Crippen molar-refractivity contribution >= 4 is 45.8 Å². The zero-order valence-corrected chi connectivity index (χ0v) is 24.4. The number of carbonyl (C=O) groups is 2. The van der Waals surface area contributed by atoms with Crippen LogP contribution in [-0.2, 0) is 16.8 Å². The second-order valence-electron chi connectivity index (χ2n) is 9.40. The molecule has 4 aromatic carbocycles. The summed E-state index contributed by atoms with van der Waals surface area (Å²) in [5.41, 5.74) is -0.207. The van der Waals surface area contributed by atoms with E-state index in [1.54, 1.807) is 48.5 Å². The van der Waals surface area contributed by atoms with Crippen molar-refractivity contribution in [1.82, 2.24) is 0 Å². The molecule has 0 saturated carbocycles. The summed E-state index contributed by atoms with van der Waals surface area (Å²) in [6.07, 6.45) is 0. The molecule has 1 radical (unpaired) electrons. The van der Waals surface area contributed by atoms with E-state index in [-0.39, 0.29) is 73.9 Å². The van der Waals surface area contributed by atoms with Crippen LogP contribution < -0.4 is 0 Å². The van der Waals surface area contributed by atoms with Gasteiger partial charge in [-0.3, -0.25) is 29.8 Å². The number of hydrogen-bond acceptors (Lipinski definition) is 14. The van der Waals surface area contributed by atoms with Crippen molar-refractivity contribution in [2.45, 2.75) is 0 Å². The SMILES string of the molecule is O=C1C(N=Nc2cc([N+](=O)[O-])ccc2O)=C(O)c2ccccc21.O=C1C(N=Nc2cc([N+](=O)[O-])ccc2O)=C(O)c2ccccc21.[Co]. The van der Waals surface area contributed by atoms with Crippen LogP contribution in [0.25, 0.3) is 11.5 Å². The summed E-state index contributed by atoms with van der Waals surface area (Å²) in [5, 5.41) is 75.4. The van der Waals surface area contributed by atoms with E-state index in [0.717, 1.165) is 36.4 Å². The Morgan fingerprint density at radius 3 is 1.17 bits per heavy atom. The van der Waals surface area contributed by atoms with Crippen molar-refractivity contribution in [1.29, 1.82) is 0 Å². The molecule has 237 valence electrons. The smallest absolute Gasteiger partial charge is 0.271 e. The van der Waals surface area contributed by atoms with E-state index in [9.17, 15) is 50.2 Å². The average Bonchev–Trinajstić information content (AvgIpc) is 3.44. The molecule has 2 aliphatic carbocycles. The number of nitro groups is 2. The van der Waals surface area contributed by atoms with Crippen molar-refractivity contribution in [2.24, 2.45) is 20.5 Å². The topological polar surface area (TPSA) is 251 Å². The van der Waals surface area contributed by atoms with E-state index in [1.807, 2.05) is 0 Å². The number of aliphatic hydroxyl groups is 2. The molecule has 0 atom stereocenters. The molecule has 47 heavy (non-hydrogen) atoms. The molecule has 0 aliphatic heterocycles. The minimum atomic E-state index is -0.647. The first-order chi connectivity index (χ1) is 22.0. The third-order valence-electron chi connectivity index (χ3n) is 6.59. The van der Waals surface area contributed by atoms with Gasteiger partial charge in [-0.1, -0.05) is 48.5 Å². The van der Waals surface area contributed by atoms with E-state index in [4.69, 9.17) is 0 Å². The molecule has 4 aromatic rings. The zero-order valence-electron chi connectivity index (χ0n) is 23.3. The molecule has 0 fully saturated rings. The number of phenolic OH excluding ortho intramolecular Hbond substituents is 2. The monoisotopic (exact) mass is 681 g/mol. The maximum absolute atomic E-state index is 12.1. The van der Waals surface area contributed by atoms with Gasteiger partial charge in [-0.15, -0.1) is 20.5 Å². The zero-order chi connectivity index (χ0) is 33.1. The number of azo groups is 2. The summed E-state index contributed by atoms with van der Waals surface area (Å²) >= 11 is 0. The molecule has 0 aromatic heterocycles. The first kappa shape index (κ1) is 33.3. The molecule has 2 aliphatic rings. The van der Waals surface area contributed by atoms with Gasteiger partial charge in [-0.05, 0) is 12.1 Å². The maximum atomic E-state index is 12.1. The second-order valence-corrected chi connectivity index (χ2v) is 9.40. The van der Waals surface area contributed by atoms with Crippen LogP contribution in [0.2, 0.25) is 0 Å². The Hall–Kier alpha value is -6.59. The number of non-ortho nitro benzene ring substituents is 2. The van der Waals surface area contributed by atoms with Gasteiger partial charge in [-0.2, -0.15) is 0 Å². The summed E-state index contributed by atoms with van der Waals surface area (Å²) in [6.45, 7) is 0. The van der Waals surface area contributed by atoms with Gasteiger partial charge < -0.3 is 20.4 Å². The quantitative estimate of drug-likeness (QED) is 0.0919. The fourth-order valence-electron chi connectivity index (χ4n) is 4.30. The van der Waals surface area contributed by atoms with Crippen LogP contribution >= 0.6 is 0 Å². The summed E-state index contributed by atoms with van der Waals surface area (Å²) in [6, 6.07) is 19.3. The number of fused-ring (bicyclic) bond motifs is 2. The molecule has 0 amide bonds. The van der Waals surface area contributed by atoms with Gasteiger partial charge in [-0.25, -0.2) is 0 Å². The number of allylic oxidation sites excluding steroid dienone is 2. The Morgan fingerprint density at radius 1 is 0.511 bits per heavy atom. The Morgan fingerprint density at radius 2 is 0.851 bits per heavy atom. The van der Waals surface area contributed by atoms with E-state index in [0.29, 0.717) is 22.3 Å². The number of aromatic hydroxyl groups is 2. The first-order valence-corrected chi connectivity index (χ1v) is 12.9. The molecule has 16 nitrogen and oxygen atoms in total. The third-order valence-corrected chi connectivity index (χ3v) is 6.59. The van der Waals surface area contributed by atoms with Gasteiger partial charge in [0.1, 0.15) is 22.9 Å². The van der Waals surface area contributed by atoms with Crippen molar-refractivity contribution in [3.8, 4) is 11.5 Å². The standard InChI is InChI=1S/2C15H9N3O5.Co/c2*19-12-6-5-8(18(22)23)7-11(12)16-17-13-14(20)9-3-1-2-4-10(9)15(13)21;/h2*1-7,19-20H;. The molecule has 6 rings (SSSR count). The van der Waals surface area contributed by atoms with Gasteiger partial charge in [0, 0.05) is 63.3 Å². The summed E-state index contributed by atoms with van der Waals surface area (Å²) in [5.74, 6) is -2.32. The van der Waals surface area contributed by atoms with Crippen LogP contribution in [0, 0.1) is 20.2 Å². The molecule has 0 spiro atoms. The van der Waals surface area contributed by atoms with E-state index in [1.165, 1.54) is 0 Å². The van der Waals surface area contributed by atoms with Gasteiger partial charge in [0.25, 0.3) is 11.4 Å². The average molecular weight is 681 g/mol. The molecule has 0 saturated heterocycles. The summed E-state index contributed by atoms with van der Waals surface area (Å²) < 4.78 is 0. The van der Waals surface area contributed by atoms with Crippen molar-refractivity contribution in [3.63, 3.8) is 0 Å². The van der Waals surface area contributed by atoms with Crippen molar-refractivity contribution in [2.75, 3.05) is 0 Å². The van der Waals surface area contributed by atoms with Crippen molar-refractivity contribution in [3.05, 3.63) is 139 Å². The normalized spacial score (nSPS) is 13.4. The number of nitro benzene ring substituents is 2. The fourth-order valence-corrected chi connectivity index (χ4v) is 4.30. The minimum Gasteiger partial charge on any atom is -0.506 e. The molecule has 0 bridgehead atoms. The first-order valence-electron chi connectivity index (χ1n) is 12.9. The number of benzene rings is 4. The van der Waals surface area contributed by atoms with Gasteiger partial charge in [0.05, 0.1) is 9.85 Å². The van der Waals surface area contributed by atoms with Crippen LogP contribution in [-0.4, -0.2) is 41.8 Å². The summed E-state index contributed by atoms with van der Waals surface area (Å²) in [4.78, 5) is 44.5. The van der Waals surface area contributed by atoms with Gasteiger partial charge in [0.15, 0.2) is 22.9 Å². The number of hydrogen-bond donors (Lipinski definition) is 4. The fraction of sp³-hybridized carbons (Fsp3) is 0. The van der Waals surface area contributed by atoms with Crippen LogP contribution in [0.15, 0.2) is 117 Å². The Kier molecular flexibility index (Phi) is 9.63. The predicted octanol–water partition coefficient (Wildman–Crippen LogP) is 7.01. The number of phenols is 2. The van der Waals surface area contributed by atoms with E-state index in [2.05, 4.69) is 20.5 Å². The molecule has 4 N–H and O–H groups in total. The van der Waals surface area contributed by atoms with Crippen LogP contribution in [0.1, 0.15) is 31.8 Å². The number of ketones is 2. The Balaban J connectivity index is 0.000000208. The predicted molar refractivity (Wildman–Crippen MR) is 159 cm³/mol. The van der Waals surface area contributed by atoms with Gasteiger partial charge in [0.2, 0.25) is 11.6 Å². The molecule has 0 heterocycles. The summed E-state index contributed by atoms with van der Waals surface area (Å²) in [7, 11) is 0. The van der Waals surface area contributed by atoms with Crippen LogP contribution in [0.4, 0.5) is 22.7 Å². The molecular formula is C30H18CoN6O10. The van der Waals surface area contributed by atoms with Crippen LogP contribution in [0.5, 0.6) is 11.5 Å². The van der Waals surface area contributed by atoms with Crippen molar-refractivity contribution < 1.29 is 56.6 Å². The number of rotatable bonds is 6. The largest absolute Gasteiger partial charge is 0.506 e. The maximum Gasteiger partial charge on any atom is 0.271 e. The Labute approximate surface area is 272 Å². The number of nitrogens with zero attached hydrogens (tertiary/aromatic N) is 6. The van der Waals surface area contributed by atoms with E-state index >= 15 is 0 Å². The molecule has 0 unspecified atom stereocenters. The van der Waals surface area contributed by atoms with E-state index < -0.39 is 21.4 Å². The number of Topliss-reactive ketones (excluding diaryl/α,β-unsaturated/α-hetero) is 2.